The van der Waals surface area contributed by atoms with Crippen molar-refractivity contribution in [2.75, 3.05) is 11.1 Å². The number of carboxylic acids is 1. The summed E-state index contributed by atoms with van der Waals surface area (Å²) in [5, 5.41) is 11.8. The van der Waals surface area contributed by atoms with E-state index in [1.807, 2.05) is 0 Å². The van der Waals surface area contributed by atoms with Crippen molar-refractivity contribution in [3.05, 3.63) is 23.8 Å². The molecule has 2 atom stereocenters. The molecule has 5 heteroatoms. The van der Waals surface area contributed by atoms with Gasteiger partial charge in [-0.05, 0) is 37.0 Å². The van der Waals surface area contributed by atoms with E-state index in [1.165, 1.54) is 12.1 Å². The molecule has 0 spiro atoms. The molecule has 1 aliphatic rings. The normalized spacial score (nSPS) is 22.2. The van der Waals surface area contributed by atoms with Gasteiger partial charge in [0.1, 0.15) is 0 Å². The number of benzene rings is 1. The van der Waals surface area contributed by atoms with Crippen LogP contribution in [0.4, 0.5) is 11.4 Å². The average molecular weight is 262 g/mol. The fourth-order valence-corrected chi connectivity index (χ4v) is 2.61. The van der Waals surface area contributed by atoms with Gasteiger partial charge in [-0.1, -0.05) is 13.3 Å². The third-order valence-electron chi connectivity index (χ3n) is 3.73. The first-order valence-corrected chi connectivity index (χ1v) is 6.42. The Morgan fingerprint density at radius 2 is 2.11 bits per heavy atom. The molecular weight excluding hydrogens is 244 g/mol. The van der Waals surface area contributed by atoms with Crippen LogP contribution < -0.4 is 11.1 Å². The maximum absolute atomic E-state index is 12.1. The number of carbonyl (C=O) groups is 2. The van der Waals surface area contributed by atoms with Gasteiger partial charge in [0, 0.05) is 11.6 Å². The van der Waals surface area contributed by atoms with Crippen molar-refractivity contribution in [1.29, 1.82) is 0 Å². The molecule has 1 aromatic rings. The van der Waals surface area contributed by atoms with Crippen molar-refractivity contribution in [2.24, 2.45) is 11.8 Å². The zero-order valence-electron chi connectivity index (χ0n) is 10.8. The number of hydrogen-bond donors (Lipinski definition) is 3. The number of aromatic carboxylic acids is 1. The Balaban J connectivity index is 2.19. The van der Waals surface area contributed by atoms with Crippen molar-refractivity contribution in [3.63, 3.8) is 0 Å². The van der Waals surface area contributed by atoms with E-state index in [4.69, 9.17) is 10.8 Å². The number of carboxylic acid groups (broad SMARTS) is 1. The standard InChI is InChI=1S/C14H18N2O3/c1-8-3-2-4-10(8)13(17)16-12-6-5-9(15)7-11(12)14(18)19/h5-8,10H,2-4,15H2,1H3,(H,16,17)(H,18,19). The summed E-state index contributed by atoms with van der Waals surface area (Å²) in [5.74, 6) is -0.874. The second-order valence-electron chi connectivity index (χ2n) is 5.11. The Morgan fingerprint density at radius 1 is 1.37 bits per heavy atom. The first kappa shape index (κ1) is 13.4. The number of rotatable bonds is 3. The Bertz CT molecular complexity index is 513. The summed E-state index contributed by atoms with van der Waals surface area (Å²) in [7, 11) is 0. The maximum atomic E-state index is 12.1. The quantitative estimate of drug-likeness (QED) is 0.729. The van der Waals surface area contributed by atoms with Crippen LogP contribution in [0.3, 0.4) is 0 Å². The first-order chi connectivity index (χ1) is 8.99. The van der Waals surface area contributed by atoms with Gasteiger partial charge in [-0.3, -0.25) is 4.79 Å². The number of carbonyl (C=O) groups excluding carboxylic acids is 1. The van der Waals surface area contributed by atoms with Crippen LogP contribution in [-0.2, 0) is 4.79 Å². The van der Waals surface area contributed by atoms with Crippen molar-refractivity contribution in [2.45, 2.75) is 26.2 Å². The first-order valence-electron chi connectivity index (χ1n) is 6.42. The third kappa shape index (κ3) is 2.86. The van der Waals surface area contributed by atoms with Gasteiger partial charge < -0.3 is 16.2 Å². The number of nitrogens with two attached hydrogens (primary N) is 1. The van der Waals surface area contributed by atoms with E-state index < -0.39 is 5.97 Å². The van der Waals surface area contributed by atoms with E-state index in [2.05, 4.69) is 12.2 Å². The van der Waals surface area contributed by atoms with Gasteiger partial charge in [-0.2, -0.15) is 0 Å². The Hall–Kier alpha value is -2.04. The SMILES string of the molecule is CC1CCCC1C(=O)Nc1ccc(N)cc1C(=O)O. The number of anilines is 2. The predicted octanol–water partition coefficient (Wildman–Crippen LogP) is 2.34. The van der Waals surface area contributed by atoms with Gasteiger partial charge >= 0.3 is 5.97 Å². The van der Waals surface area contributed by atoms with Crippen LogP contribution in [0, 0.1) is 11.8 Å². The predicted molar refractivity (Wildman–Crippen MR) is 72.9 cm³/mol. The fourth-order valence-electron chi connectivity index (χ4n) is 2.61. The van der Waals surface area contributed by atoms with E-state index in [0.717, 1.165) is 19.3 Å². The van der Waals surface area contributed by atoms with E-state index in [1.54, 1.807) is 6.07 Å². The highest BCUT2D eigenvalue weighted by Gasteiger charge is 2.30. The van der Waals surface area contributed by atoms with Crippen LogP contribution in [0.15, 0.2) is 18.2 Å². The van der Waals surface area contributed by atoms with E-state index >= 15 is 0 Å². The fraction of sp³-hybridized carbons (Fsp3) is 0.429. The van der Waals surface area contributed by atoms with Crippen molar-refractivity contribution < 1.29 is 14.7 Å². The van der Waals surface area contributed by atoms with Crippen LogP contribution in [0.1, 0.15) is 36.5 Å². The summed E-state index contributed by atoms with van der Waals surface area (Å²) in [6, 6.07) is 4.48. The van der Waals surface area contributed by atoms with Gasteiger partial charge in [0.15, 0.2) is 0 Å². The summed E-state index contributed by atoms with van der Waals surface area (Å²) < 4.78 is 0. The molecule has 1 aromatic carbocycles. The molecule has 0 bridgehead atoms. The molecule has 4 N–H and O–H groups in total. The monoisotopic (exact) mass is 262 g/mol. The molecule has 0 aromatic heterocycles. The Labute approximate surface area is 111 Å². The minimum atomic E-state index is -1.10. The van der Waals surface area contributed by atoms with Crippen molar-refractivity contribution in [3.8, 4) is 0 Å². The average Bonchev–Trinajstić information content (AvgIpc) is 2.77. The lowest BCUT2D eigenvalue weighted by Crippen LogP contribution is -2.25. The minimum absolute atomic E-state index is 0.0269. The summed E-state index contributed by atoms with van der Waals surface area (Å²) >= 11 is 0. The van der Waals surface area contributed by atoms with E-state index in [9.17, 15) is 9.59 Å². The number of amides is 1. The van der Waals surface area contributed by atoms with Crippen molar-refractivity contribution >= 4 is 23.3 Å². The highest BCUT2D eigenvalue weighted by molar-refractivity contribution is 6.02. The van der Waals surface area contributed by atoms with Gasteiger partial charge in [0.25, 0.3) is 0 Å². The van der Waals surface area contributed by atoms with E-state index in [-0.39, 0.29) is 17.4 Å². The zero-order valence-corrected chi connectivity index (χ0v) is 10.8. The van der Waals surface area contributed by atoms with Crippen LogP contribution in [0.25, 0.3) is 0 Å². The topological polar surface area (TPSA) is 92.4 Å². The lowest BCUT2D eigenvalue weighted by Gasteiger charge is -2.16. The second kappa shape index (κ2) is 5.30. The molecule has 1 saturated carbocycles. The molecule has 2 unspecified atom stereocenters. The summed E-state index contributed by atoms with van der Waals surface area (Å²) in [6.45, 7) is 2.05. The van der Waals surface area contributed by atoms with Crippen LogP contribution in [0.5, 0.6) is 0 Å². The molecule has 2 rings (SSSR count). The van der Waals surface area contributed by atoms with E-state index in [0.29, 0.717) is 17.3 Å². The second-order valence-corrected chi connectivity index (χ2v) is 5.11. The third-order valence-corrected chi connectivity index (χ3v) is 3.73. The lowest BCUT2D eigenvalue weighted by molar-refractivity contribution is -0.120. The molecule has 0 saturated heterocycles. The maximum Gasteiger partial charge on any atom is 0.337 e. The number of nitrogens with one attached hydrogen (secondary N) is 1. The smallest absolute Gasteiger partial charge is 0.337 e. The molecule has 1 amide bonds. The van der Waals surface area contributed by atoms with Gasteiger partial charge in [-0.15, -0.1) is 0 Å². The molecule has 0 aliphatic heterocycles. The molecule has 0 radical (unpaired) electrons. The van der Waals surface area contributed by atoms with Crippen LogP contribution in [0.2, 0.25) is 0 Å². The molecule has 102 valence electrons. The molecule has 0 heterocycles. The molecular formula is C14H18N2O3. The van der Waals surface area contributed by atoms with Gasteiger partial charge in [-0.25, -0.2) is 4.79 Å². The summed E-state index contributed by atoms with van der Waals surface area (Å²) in [5.41, 5.74) is 6.27. The Morgan fingerprint density at radius 3 is 2.68 bits per heavy atom. The van der Waals surface area contributed by atoms with Crippen LogP contribution >= 0.6 is 0 Å². The van der Waals surface area contributed by atoms with Crippen molar-refractivity contribution in [1.82, 2.24) is 0 Å². The molecule has 5 nitrogen and oxygen atoms in total. The molecule has 1 aliphatic carbocycles. The van der Waals surface area contributed by atoms with Crippen LogP contribution in [-0.4, -0.2) is 17.0 Å². The molecule has 1 fully saturated rings. The summed E-state index contributed by atoms with van der Waals surface area (Å²) in [6.07, 6.45) is 2.96. The largest absolute Gasteiger partial charge is 0.478 e. The number of hydrogen-bond acceptors (Lipinski definition) is 3. The highest BCUT2D eigenvalue weighted by atomic mass is 16.4. The Kier molecular flexibility index (Phi) is 3.74. The lowest BCUT2D eigenvalue weighted by atomic mass is 9.97. The minimum Gasteiger partial charge on any atom is -0.478 e. The number of nitrogen functional groups attached to an aromatic ring is 1. The van der Waals surface area contributed by atoms with Gasteiger partial charge in [0.2, 0.25) is 5.91 Å². The highest BCUT2D eigenvalue weighted by Crippen LogP contribution is 2.32. The van der Waals surface area contributed by atoms with Gasteiger partial charge in [0.05, 0.1) is 11.3 Å². The molecule has 19 heavy (non-hydrogen) atoms. The summed E-state index contributed by atoms with van der Waals surface area (Å²) in [4.78, 5) is 23.3. The zero-order chi connectivity index (χ0) is 14.0.